The lowest BCUT2D eigenvalue weighted by Crippen LogP contribution is -2.43. The van der Waals surface area contributed by atoms with Gasteiger partial charge in [-0.3, -0.25) is 4.79 Å². The van der Waals surface area contributed by atoms with Crippen LogP contribution in [0.3, 0.4) is 0 Å². The highest BCUT2D eigenvalue weighted by molar-refractivity contribution is 5.89. The summed E-state index contributed by atoms with van der Waals surface area (Å²) in [6.07, 6.45) is 5.47. The first-order valence-electron chi connectivity index (χ1n) is 7.51. The van der Waals surface area contributed by atoms with Crippen molar-refractivity contribution in [1.82, 2.24) is 0 Å². The summed E-state index contributed by atoms with van der Waals surface area (Å²) in [5.74, 6) is 0.0200. The second kappa shape index (κ2) is 5.68. The van der Waals surface area contributed by atoms with Crippen LogP contribution in [0.15, 0.2) is 36.5 Å². The minimum absolute atomic E-state index is 0.0200. The Morgan fingerprint density at radius 3 is 2.86 bits per heavy atom. The summed E-state index contributed by atoms with van der Waals surface area (Å²) < 4.78 is 1.98. The maximum absolute atomic E-state index is 12.2. The molecule has 1 aromatic carbocycles. The van der Waals surface area contributed by atoms with Crippen molar-refractivity contribution in [2.24, 2.45) is 0 Å². The third-order valence-corrected chi connectivity index (χ3v) is 4.31. The molecule has 0 radical (unpaired) electrons. The monoisotopic (exact) mass is 281 g/mol. The normalized spacial score (nSPS) is 13.0. The van der Waals surface area contributed by atoms with Crippen LogP contribution in [0.4, 0.5) is 5.69 Å². The maximum Gasteiger partial charge on any atom is 0.290 e. The van der Waals surface area contributed by atoms with Gasteiger partial charge in [0.2, 0.25) is 6.54 Å². The van der Waals surface area contributed by atoms with Gasteiger partial charge in [0.15, 0.2) is 11.9 Å². The van der Waals surface area contributed by atoms with Gasteiger partial charge in [0.05, 0.1) is 0 Å². The zero-order chi connectivity index (χ0) is 14.8. The Bertz CT molecular complexity index is 692. The lowest BCUT2D eigenvalue weighted by molar-refractivity contribution is -0.690. The summed E-state index contributed by atoms with van der Waals surface area (Å²) in [5.41, 5.74) is 6.04. The molecule has 3 nitrogen and oxygen atoms in total. The zero-order valence-electron chi connectivity index (χ0n) is 12.6. The van der Waals surface area contributed by atoms with E-state index in [4.69, 9.17) is 0 Å². The predicted molar refractivity (Wildman–Crippen MR) is 83.2 cm³/mol. The number of aryl methyl sites for hydroxylation is 3. The van der Waals surface area contributed by atoms with Crippen LogP contribution in [0.1, 0.15) is 28.8 Å². The molecule has 0 atom stereocenters. The smallest absolute Gasteiger partial charge is 0.290 e. The molecule has 1 N–H and O–H groups in total. The van der Waals surface area contributed by atoms with E-state index in [0.29, 0.717) is 6.54 Å². The van der Waals surface area contributed by atoms with Crippen molar-refractivity contribution in [3.05, 3.63) is 58.9 Å². The van der Waals surface area contributed by atoms with Gasteiger partial charge in [-0.2, -0.15) is 4.57 Å². The molecule has 21 heavy (non-hydrogen) atoms. The molecule has 1 heterocycles. The van der Waals surface area contributed by atoms with Crippen LogP contribution in [0, 0.1) is 13.8 Å². The number of carbonyl (C=O) groups is 1. The lowest BCUT2D eigenvalue weighted by atomic mass is 10.1. The fourth-order valence-electron chi connectivity index (χ4n) is 2.93. The van der Waals surface area contributed by atoms with Gasteiger partial charge in [-0.1, -0.05) is 6.07 Å². The van der Waals surface area contributed by atoms with Crippen molar-refractivity contribution in [1.29, 1.82) is 0 Å². The molecule has 0 unspecified atom stereocenters. The summed E-state index contributed by atoms with van der Waals surface area (Å²) in [6, 6.07) is 10.3. The van der Waals surface area contributed by atoms with Gasteiger partial charge < -0.3 is 5.32 Å². The lowest BCUT2D eigenvalue weighted by Gasteiger charge is -2.07. The summed E-state index contributed by atoms with van der Waals surface area (Å²) in [7, 11) is 0. The number of anilines is 1. The van der Waals surface area contributed by atoms with Crippen molar-refractivity contribution in [2.75, 3.05) is 5.32 Å². The fourth-order valence-corrected chi connectivity index (χ4v) is 2.93. The molecule has 0 fully saturated rings. The predicted octanol–water partition coefficient (Wildman–Crippen LogP) is 2.72. The number of fused-ring (bicyclic) bond motifs is 1. The summed E-state index contributed by atoms with van der Waals surface area (Å²) in [5, 5.41) is 3.01. The Morgan fingerprint density at radius 1 is 1.19 bits per heavy atom. The van der Waals surface area contributed by atoms with E-state index in [-0.39, 0.29) is 5.91 Å². The van der Waals surface area contributed by atoms with Gasteiger partial charge in [-0.15, -0.1) is 0 Å². The van der Waals surface area contributed by atoms with E-state index in [9.17, 15) is 4.79 Å². The second-order valence-electron chi connectivity index (χ2n) is 5.79. The minimum atomic E-state index is 0.0200. The zero-order valence-corrected chi connectivity index (χ0v) is 12.6. The summed E-state index contributed by atoms with van der Waals surface area (Å²) in [4.78, 5) is 12.2. The number of carbonyl (C=O) groups excluding carboxylic acids is 1. The molecule has 108 valence electrons. The van der Waals surface area contributed by atoms with Crippen LogP contribution in [-0.2, 0) is 24.2 Å². The molecule has 0 saturated heterocycles. The quantitative estimate of drug-likeness (QED) is 0.862. The molecule has 2 aromatic rings. The third-order valence-electron chi connectivity index (χ3n) is 4.31. The van der Waals surface area contributed by atoms with Crippen LogP contribution >= 0.6 is 0 Å². The van der Waals surface area contributed by atoms with Crippen LogP contribution in [0.2, 0.25) is 0 Å². The van der Waals surface area contributed by atoms with E-state index in [1.165, 1.54) is 29.5 Å². The Balaban J connectivity index is 1.70. The molecule has 1 amide bonds. The Hall–Kier alpha value is -2.16. The van der Waals surface area contributed by atoms with E-state index in [0.717, 1.165) is 17.8 Å². The third kappa shape index (κ3) is 2.97. The number of hydrogen-bond donors (Lipinski definition) is 1. The Labute approximate surface area is 125 Å². The van der Waals surface area contributed by atoms with E-state index in [2.05, 4.69) is 30.4 Å². The Morgan fingerprint density at radius 2 is 2.00 bits per heavy atom. The molecular formula is C18H21N2O+. The topological polar surface area (TPSA) is 33.0 Å². The largest absolute Gasteiger partial charge is 0.321 e. The molecule has 0 aliphatic heterocycles. The van der Waals surface area contributed by atoms with Gasteiger partial charge in [-0.05, 0) is 55.5 Å². The van der Waals surface area contributed by atoms with E-state index in [1.807, 2.05) is 29.8 Å². The number of aromatic nitrogens is 1. The van der Waals surface area contributed by atoms with Crippen LogP contribution < -0.4 is 9.88 Å². The number of rotatable bonds is 3. The number of benzene rings is 1. The molecule has 1 aliphatic rings. The van der Waals surface area contributed by atoms with Gasteiger partial charge in [-0.25, -0.2) is 0 Å². The van der Waals surface area contributed by atoms with Crippen LogP contribution in [-0.4, -0.2) is 5.91 Å². The molecular weight excluding hydrogens is 260 g/mol. The van der Waals surface area contributed by atoms with Crippen molar-refractivity contribution in [3.8, 4) is 0 Å². The van der Waals surface area contributed by atoms with Gasteiger partial charge in [0.1, 0.15) is 0 Å². The van der Waals surface area contributed by atoms with Gasteiger partial charge in [0.25, 0.3) is 5.91 Å². The molecule has 3 heteroatoms. The van der Waals surface area contributed by atoms with Crippen molar-refractivity contribution < 1.29 is 9.36 Å². The molecule has 1 aromatic heterocycles. The molecule has 0 bridgehead atoms. The molecule has 0 saturated carbocycles. The highest BCUT2D eigenvalue weighted by Crippen LogP contribution is 2.24. The number of hydrogen-bond acceptors (Lipinski definition) is 1. The fraction of sp³-hybridized carbons (Fsp3) is 0.333. The van der Waals surface area contributed by atoms with Gasteiger partial charge >= 0.3 is 0 Å². The van der Waals surface area contributed by atoms with Gasteiger partial charge in [0, 0.05) is 24.2 Å². The standard InChI is InChI=1S/C18H20N2O/c1-13-5-4-10-20(14(13)2)12-18(21)19-17-9-8-15-6-3-7-16(15)11-17/h4-5,8-11H,3,6-7,12H2,1-2H3/p+1. The first-order chi connectivity index (χ1) is 10.1. The molecule has 1 aliphatic carbocycles. The van der Waals surface area contributed by atoms with Crippen molar-refractivity contribution in [3.63, 3.8) is 0 Å². The van der Waals surface area contributed by atoms with Crippen LogP contribution in [0.25, 0.3) is 0 Å². The highest BCUT2D eigenvalue weighted by Gasteiger charge is 2.15. The van der Waals surface area contributed by atoms with E-state index in [1.54, 1.807) is 0 Å². The Kier molecular flexibility index (Phi) is 3.74. The molecule has 3 rings (SSSR count). The first-order valence-corrected chi connectivity index (χ1v) is 7.51. The highest BCUT2D eigenvalue weighted by atomic mass is 16.1. The summed E-state index contributed by atoms with van der Waals surface area (Å²) >= 11 is 0. The summed E-state index contributed by atoms with van der Waals surface area (Å²) in [6.45, 7) is 4.45. The maximum atomic E-state index is 12.2. The number of amides is 1. The molecule has 0 spiro atoms. The number of pyridine rings is 1. The average Bonchev–Trinajstić information content (AvgIpc) is 2.91. The van der Waals surface area contributed by atoms with E-state index < -0.39 is 0 Å². The van der Waals surface area contributed by atoms with Crippen molar-refractivity contribution in [2.45, 2.75) is 39.7 Å². The first kappa shape index (κ1) is 13.8. The van der Waals surface area contributed by atoms with Crippen molar-refractivity contribution >= 4 is 11.6 Å². The van der Waals surface area contributed by atoms with Crippen LogP contribution in [0.5, 0.6) is 0 Å². The second-order valence-corrected chi connectivity index (χ2v) is 5.79. The average molecular weight is 281 g/mol. The van der Waals surface area contributed by atoms with E-state index >= 15 is 0 Å². The minimum Gasteiger partial charge on any atom is -0.321 e. The number of nitrogens with zero attached hydrogens (tertiary/aromatic N) is 1. The number of nitrogens with one attached hydrogen (secondary N) is 1. The SMILES string of the molecule is Cc1ccc[n+](CC(=O)Nc2ccc3c(c2)CCC3)c1C.